The summed E-state index contributed by atoms with van der Waals surface area (Å²) in [6.07, 6.45) is 6.84. The summed E-state index contributed by atoms with van der Waals surface area (Å²) in [6, 6.07) is 3.80. The highest BCUT2D eigenvalue weighted by atomic mass is 32.2. The van der Waals surface area contributed by atoms with Crippen LogP contribution >= 0.6 is 11.8 Å². The van der Waals surface area contributed by atoms with Gasteiger partial charge in [-0.3, -0.25) is 9.78 Å². The zero-order chi connectivity index (χ0) is 14.7. The highest BCUT2D eigenvalue weighted by molar-refractivity contribution is 8.03. The first-order chi connectivity index (χ1) is 9.19. The predicted octanol–water partition coefficient (Wildman–Crippen LogP) is 2.44. The zero-order valence-electron chi connectivity index (χ0n) is 11.6. The monoisotopic (exact) mass is 279 g/mol. The summed E-state index contributed by atoms with van der Waals surface area (Å²) in [5, 5.41) is 3.13. The molecule has 0 aromatic carbocycles. The fourth-order valence-electron chi connectivity index (χ4n) is 1.29. The van der Waals surface area contributed by atoms with Gasteiger partial charge in [-0.25, -0.2) is 0 Å². The molecule has 0 fully saturated rings. The van der Waals surface area contributed by atoms with Crippen LogP contribution in [0.25, 0.3) is 0 Å². The molecule has 0 unspecified atom stereocenters. The van der Waals surface area contributed by atoms with Crippen molar-refractivity contribution < 1.29 is 4.79 Å². The van der Waals surface area contributed by atoms with E-state index in [1.54, 1.807) is 24.7 Å². The third-order valence-electron chi connectivity index (χ3n) is 2.11. The smallest absolute Gasteiger partial charge is 0.257 e. The predicted molar refractivity (Wildman–Crippen MR) is 82.4 cm³/mol. The van der Waals surface area contributed by atoms with E-state index in [0.29, 0.717) is 17.1 Å². The molecule has 0 aliphatic heterocycles. The molecule has 1 aromatic rings. The largest absolute Gasteiger partial charge is 0.380 e. The van der Waals surface area contributed by atoms with Gasteiger partial charge in [0, 0.05) is 18.9 Å². The molecule has 1 amide bonds. The van der Waals surface area contributed by atoms with E-state index in [9.17, 15) is 4.79 Å². The molecule has 104 valence electrons. The van der Waals surface area contributed by atoms with E-state index in [1.807, 2.05) is 26.0 Å². The normalized spacial score (nSPS) is 10.7. The zero-order valence-corrected chi connectivity index (χ0v) is 12.5. The number of allylic oxidation sites excluding steroid dienone is 1. The van der Waals surface area contributed by atoms with Crippen LogP contribution < -0.4 is 11.1 Å². The van der Waals surface area contributed by atoms with Crippen LogP contribution in [0.1, 0.15) is 19.4 Å². The first-order valence-electron chi connectivity index (χ1n) is 6.02. The summed E-state index contributed by atoms with van der Waals surface area (Å²) in [4.78, 5) is 15.6. The second kappa shape index (κ2) is 10.2. The minimum Gasteiger partial charge on any atom is -0.380 e. The Morgan fingerprint density at radius 3 is 2.47 bits per heavy atom. The van der Waals surface area contributed by atoms with Crippen LogP contribution in [0.3, 0.4) is 0 Å². The molecule has 0 saturated heterocycles. The van der Waals surface area contributed by atoms with Crippen molar-refractivity contribution >= 4 is 17.7 Å². The number of aromatic nitrogens is 1. The lowest BCUT2D eigenvalue weighted by Gasteiger charge is -2.10. The summed E-state index contributed by atoms with van der Waals surface area (Å²) in [6.45, 7) is 8.27. The third-order valence-corrected chi connectivity index (χ3v) is 2.94. The first kappa shape index (κ1) is 17.2. The van der Waals surface area contributed by atoms with Gasteiger partial charge in [-0.05, 0) is 30.0 Å². The van der Waals surface area contributed by atoms with Gasteiger partial charge in [-0.2, -0.15) is 0 Å². The Kier molecular flexibility index (Phi) is 9.26. The fourth-order valence-corrected chi connectivity index (χ4v) is 1.86. The Balaban J connectivity index is 0.00000154. The standard InChI is InChI=1S/C12H15N3OS.C2H6/c1-3-10(11(17-2)12(13)16)15-8-9-4-6-14-7-5-9;1-2/h3-7,15H,1,8H2,2H3,(H2,13,16);1-2H3/b11-10+;. The van der Waals surface area contributed by atoms with E-state index in [-0.39, 0.29) is 0 Å². The van der Waals surface area contributed by atoms with E-state index in [4.69, 9.17) is 5.73 Å². The van der Waals surface area contributed by atoms with Crippen molar-refractivity contribution in [3.63, 3.8) is 0 Å². The first-order valence-corrected chi connectivity index (χ1v) is 7.24. The third kappa shape index (κ3) is 6.10. The SMILES string of the molecule is C=C/C(NCc1ccncc1)=C(\SC)C(N)=O.CC. The van der Waals surface area contributed by atoms with Crippen molar-refractivity contribution in [1.29, 1.82) is 0 Å². The lowest BCUT2D eigenvalue weighted by atomic mass is 10.2. The van der Waals surface area contributed by atoms with Gasteiger partial charge in [0.25, 0.3) is 5.91 Å². The molecule has 0 radical (unpaired) electrons. The Morgan fingerprint density at radius 1 is 1.47 bits per heavy atom. The van der Waals surface area contributed by atoms with Crippen molar-refractivity contribution in [1.82, 2.24) is 10.3 Å². The lowest BCUT2D eigenvalue weighted by Crippen LogP contribution is -2.20. The molecule has 1 aromatic heterocycles. The minimum absolute atomic E-state index is 0.449. The molecule has 1 rings (SSSR count). The van der Waals surface area contributed by atoms with Crippen LogP contribution in [0.2, 0.25) is 0 Å². The van der Waals surface area contributed by atoms with Gasteiger partial charge in [0.2, 0.25) is 0 Å². The number of pyridine rings is 1. The van der Waals surface area contributed by atoms with Crippen molar-refractivity contribution in [2.45, 2.75) is 20.4 Å². The minimum atomic E-state index is -0.449. The number of nitrogens with one attached hydrogen (secondary N) is 1. The molecule has 1 heterocycles. The number of amides is 1. The van der Waals surface area contributed by atoms with Crippen LogP contribution in [0.15, 0.2) is 47.8 Å². The van der Waals surface area contributed by atoms with Crippen LogP contribution in [0.4, 0.5) is 0 Å². The van der Waals surface area contributed by atoms with Gasteiger partial charge < -0.3 is 11.1 Å². The molecule has 0 bridgehead atoms. The molecule has 0 spiro atoms. The summed E-state index contributed by atoms with van der Waals surface area (Å²) < 4.78 is 0. The summed E-state index contributed by atoms with van der Waals surface area (Å²) in [5.74, 6) is -0.449. The molecule has 5 heteroatoms. The summed E-state index contributed by atoms with van der Waals surface area (Å²) in [5.41, 5.74) is 7.01. The van der Waals surface area contributed by atoms with Gasteiger partial charge in [0.05, 0.1) is 10.6 Å². The molecular weight excluding hydrogens is 258 g/mol. The van der Waals surface area contributed by atoms with Crippen LogP contribution in [-0.2, 0) is 11.3 Å². The Bertz CT molecular complexity index is 430. The molecule has 0 aliphatic carbocycles. The molecule has 19 heavy (non-hydrogen) atoms. The fraction of sp³-hybridized carbons (Fsp3) is 0.286. The number of carbonyl (C=O) groups excluding carboxylic acids is 1. The number of hydrogen-bond donors (Lipinski definition) is 2. The van der Waals surface area contributed by atoms with Crippen LogP contribution in [0.5, 0.6) is 0 Å². The quantitative estimate of drug-likeness (QED) is 0.620. The lowest BCUT2D eigenvalue weighted by molar-refractivity contribution is -0.113. The average molecular weight is 279 g/mol. The highest BCUT2D eigenvalue weighted by Gasteiger charge is 2.08. The highest BCUT2D eigenvalue weighted by Crippen LogP contribution is 2.15. The molecule has 0 atom stereocenters. The number of primary amides is 1. The van der Waals surface area contributed by atoms with Gasteiger partial charge in [0.15, 0.2) is 0 Å². The number of rotatable bonds is 6. The summed E-state index contributed by atoms with van der Waals surface area (Å²) in [7, 11) is 0. The van der Waals surface area contributed by atoms with Gasteiger partial charge in [-0.15, -0.1) is 11.8 Å². The van der Waals surface area contributed by atoms with E-state index in [1.165, 1.54) is 11.8 Å². The number of nitrogens with two attached hydrogens (primary N) is 1. The Hall–Kier alpha value is -1.75. The Labute approximate surface area is 119 Å². The topological polar surface area (TPSA) is 68.0 Å². The second-order valence-electron chi connectivity index (χ2n) is 3.22. The van der Waals surface area contributed by atoms with Crippen molar-refractivity contribution in [2.75, 3.05) is 6.26 Å². The second-order valence-corrected chi connectivity index (χ2v) is 4.04. The van der Waals surface area contributed by atoms with Crippen molar-refractivity contribution in [3.8, 4) is 0 Å². The average Bonchev–Trinajstić information content (AvgIpc) is 2.46. The van der Waals surface area contributed by atoms with Crippen LogP contribution in [-0.4, -0.2) is 17.1 Å². The van der Waals surface area contributed by atoms with Gasteiger partial charge in [-0.1, -0.05) is 20.4 Å². The van der Waals surface area contributed by atoms with Crippen LogP contribution in [0, 0.1) is 0 Å². The maximum Gasteiger partial charge on any atom is 0.257 e. The van der Waals surface area contributed by atoms with E-state index in [2.05, 4.69) is 16.9 Å². The maximum absolute atomic E-state index is 11.2. The van der Waals surface area contributed by atoms with E-state index >= 15 is 0 Å². The molecule has 4 nitrogen and oxygen atoms in total. The van der Waals surface area contributed by atoms with Crippen molar-refractivity contribution in [3.05, 3.63) is 53.3 Å². The Morgan fingerprint density at radius 2 is 2.05 bits per heavy atom. The van der Waals surface area contributed by atoms with Crippen molar-refractivity contribution in [2.24, 2.45) is 5.73 Å². The maximum atomic E-state index is 11.2. The van der Waals surface area contributed by atoms with E-state index < -0.39 is 5.91 Å². The summed E-state index contributed by atoms with van der Waals surface area (Å²) >= 11 is 1.30. The van der Waals surface area contributed by atoms with Gasteiger partial charge in [0.1, 0.15) is 0 Å². The number of thioether (sulfide) groups is 1. The molecule has 0 saturated carbocycles. The number of hydrogen-bond acceptors (Lipinski definition) is 4. The molecule has 3 N–H and O–H groups in total. The molecular formula is C14H21N3OS. The number of nitrogens with zero attached hydrogens (tertiary/aromatic N) is 1. The van der Waals surface area contributed by atoms with Gasteiger partial charge >= 0.3 is 0 Å². The number of carbonyl (C=O) groups is 1. The molecule has 0 aliphatic rings. The van der Waals surface area contributed by atoms with E-state index in [0.717, 1.165) is 5.56 Å².